The summed E-state index contributed by atoms with van der Waals surface area (Å²) in [6, 6.07) is 12.9. The normalized spacial score (nSPS) is 11.0. The second-order valence-corrected chi connectivity index (χ2v) is 6.17. The van der Waals surface area contributed by atoms with Crippen molar-refractivity contribution in [3.05, 3.63) is 83.1 Å². The predicted octanol–water partition coefficient (Wildman–Crippen LogP) is 4.72. The molecule has 0 fully saturated rings. The van der Waals surface area contributed by atoms with Crippen LogP contribution in [0.25, 0.3) is 11.1 Å². The highest BCUT2D eigenvalue weighted by atomic mass is 35.5. The molecule has 0 saturated heterocycles. The van der Waals surface area contributed by atoms with Crippen molar-refractivity contribution in [2.45, 2.75) is 6.54 Å². The summed E-state index contributed by atoms with van der Waals surface area (Å²) in [5.41, 5.74) is 2.46. The molecule has 7 heteroatoms. The van der Waals surface area contributed by atoms with Gasteiger partial charge in [-0.2, -0.15) is 0 Å². The van der Waals surface area contributed by atoms with Gasteiger partial charge in [0, 0.05) is 24.9 Å². The lowest BCUT2D eigenvalue weighted by Gasteiger charge is -2.10. The van der Waals surface area contributed by atoms with Crippen molar-refractivity contribution in [2.75, 3.05) is 5.32 Å². The fraction of sp³-hybridized carbons (Fsp3) is 0.0526. The van der Waals surface area contributed by atoms with Gasteiger partial charge in [-0.15, -0.1) is 0 Å². The first-order valence-corrected chi connectivity index (χ1v) is 8.22. The predicted molar refractivity (Wildman–Crippen MR) is 96.9 cm³/mol. The smallest absolute Gasteiger partial charge is 0.273 e. The molecule has 1 aromatic carbocycles. The average molecular weight is 370 g/mol. The molecule has 0 unspecified atom stereocenters. The van der Waals surface area contributed by atoms with E-state index in [-0.39, 0.29) is 11.7 Å². The van der Waals surface area contributed by atoms with E-state index in [0.717, 1.165) is 11.1 Å². The standard InChI is InChI=1S/C19H13ClFN3O2/c20-13-4-5-18(22-10-13)23-19(25)16-9-17-15(6-7-26-17)24(16)11-12-2-1-3-14(21)8-12/h1-10H,11H2,(H,22,23,25). The van der Waals surface area contributed by atoms with Crippen LogP contribution in [0.5, 0.6) is 0 Å². The number of halogens is 2. The lowest BCUT2D eigenvalue weighted by atomic mass is 10.2. The number of carbonyl (C=O) groups excluding carboxylic acids is 1. The van der Waals surface area contributed by atoms with Gasteiger partial charge in [0.25, 0.3) is 5.91 Å². The SMILES string of the molecule is O=C(Nc1ccc(Cl)cn1)c1cc2occc2n1Cc1cccc(F)c1. The zero-order valence-electron chi connectivity index (χ0n) is 13.4. The number of anilines is 1. The minimum Gasteiger partial charge on any atom is -0.463 e. The van der Waals surface area contributed by atoms with Crippen LogP contribution in [0.1, 0.15) is 16.1 Å². The Hall–Kier alpha value is -3.12. The molecule has 3 aromatic heterocycles. The van der Waals surface area contributed by atoms with Crippen LogP contribution >= 0.6 is 11.6 Å². The van der Waals surface area contributed by atoms with Crippen LogP contribution in [0.2, 0.25) is 5.02 Å². The van der Waals surface area contributed by atoms with E-state index in [4.69, 9.17) is 16.0 Å². The van der Waals surface area contributed by atoms with Gasteiger partial charge < -0.3 is 14.3 Å². The third-order valence-corrected chi connectivity index (χ3v) is 4.18. The number of amides is 1. The highest BCUT2D eigenvalue weighted by Gasteiger charge is 2.18. The summed E-state index contributed by atoms with van der Waals surface area (Å²) in [6.07, 6.45) is 3.00. The Balaban J connectivity index is 1.69. The maximum Gasteiger partial charge on any atom is 0.273 e. The second kappa shape index (κ2) is 6.65. The van der Waals surface area contributed by atoms with E-state index >= 15 is 0 Å². The van der Waals surface area contributed by atoms with Crippen LogP contribution in [0, 0.1) is 5.82 Å². The van der Waals surface area contributed by atoms with Crippen molar-refractivity contribution in [1.82, 2.24) is 9.55 Å². The second-order valence-electron chi connectivity index (χ2n) is 5.73. The molecular weight excluding hydrogens is 357 g/mol. The van der Waals surface area contributed by atoms with Gasteiger partial charge in [-0.05, 0) is 29.8 Å². The highest BCUT2D eigenvalue weighted by molar-refractivity contribution is 6.30. The molecule has 0 atom stereocenters. The van der Waals surface area contributed by atoms with Crippen molar-refractivity contribution < 1.29 is 13.6 Å². The zero-order chi connectivity index (χ0) is 18.1. The molecular formula is C19H13ClFN3O2. The fourth-order valence-corrected chi connectivity index (χ4v) is 2.90. The monoisotopic (exact) mass is 369 g/mol. The zero-order valence-corrected chi connectivity index (χ0v) is 14.2. The summed E-state index contributed by atoms with van der Waals surface area (Å²) < 4.78 is 20.7. The summed E-state index contributed by atoms with van der Waals surface area (Å²) in [5.74, 6) is -0.286. The molecule has 130 valence electrons. The summed E-state index contributed by atoms with van der Waals surface area (Å²) in [5, 5.41) is 3.21. The summed E-state index contributed by atoms with van der Waals surface area (Å²) in [7, 11) is 0. The maximum atomic E-state index is 13.5. The third kappa shape index (κ3) is 3.19. The number of pyridine rings is 1. The number of hydrogen-bond donors (Lipinski definition) is 1. The van der Waals surface area contributed by atoms with E-state index < -0.39 is 0 Å². The van der Waals surface area contributed by atoms with Crippen molar-refractivity contribution in [1.29, 1.82) is 0 Å². The summed E-state index contributed by atoms with van der Waals surface area (Å²) in [4.78, 5) is 16.8. The molecule has 0 aliphatic carbocycles. The highest BCUT2D eigenvalue weighted by Crippen LogP contribution is 2.23. The topological polar surface area (TPSA) is 60.1 Å². The molecule has 0 bridgehead atoms. The molecule has 0 aliphatic rings. The van der Waals surface area contributed by atoms with Crippen molar-refractivity contribution in [2.24, 2.45) is 0 Å². The van der Waals surface area contributed by atoms with E-state index in [1.165, 1.54) is 18.3 Å². The van der Waals surface area contributed by atoms with E-state index in [1.807, 2.05) is 0 Å². The van der Waals surface area contributed by atoms with Crippen molar-refractivity contribution in [3.8, 4) is 0 Å². The molecule has 0 aliphatic heterocycles. The molecule has 0 saturated carbocycles. The van der Waals surface area contributed by atoms with Crippen LogP contribution in [-0.4, -0.2) is 15.5 Å². The summed E-state index contributed by atoms with van der Waals surface area (Å²) in [6.45, 7) is 0.331. The summed E-state index contributed by atoms with van der Waals surface area (Å²) >= 11 is 5.81. The van der Waals surface area contributed by atoms with Crippen LogP contribution in [0.15, 0.2) is 65.4 Å². The third-order valence-electron chi connectivity index (χ3n) is 3.95. The van der Waals surface area contributed by atoms with E-state index in [9.17, 15) is 9.18 Å². The molecule has 4 aromatic rings. The van der Waals surface area contributed by atoms with Gasteiger partial charge in [0.15, 0.2) is 5.58 Å². The van der Waals surface area contributed by atoms with Gasteiger partial charge in [0.05, 0.1) is 16.8 Å². The number of nitrogens with zero attached hydrogens (tertiary/aromatic N) is 2. The number of fused-ring (bicyclic) bond motifs is 1. The van der Waals surface area contributed by atoms with Gasteiger partial charge >= 0.3 is 0 Å². The number of nitrogens with one attached hydrogen (secondary N) is 1. The number of hydrogen-bond acceptors (Lipinski definition) is 3. The van der Waals surface area contributed by atoms with Gasteiger partial charge in [0.1, 0.15) is 17.3 Å². The number of carbonyl (C=O) groups is 1. The Morgan fingerprint density at radius 1 is 1.23 bits per heavy atom. The van der Waals surface area contributed by atoms with Gasteiger partial charge in [0.2, 0.25) is 0 Å². The Kier molecular flexibility index (Phi) is 4.18. The molecule has 1 N–H and O–H groups in total. The van der Waals surface area contributed by atoms with Crippen molar-refractivity contribution in [3.63, 3.8) is 0 Å². The van der Waals surface area contributed by atoms with E-state index in [1.54, 1.807) is 47.2 Å². The minimum absolute atomic E-state index is 0.325. The first-order chi connectivity index (χ1) is 12.6. The Labute approximate surface area is 153 Å². The quantitative estimate of drug-likeness (QED) is 0.566. The Morgan fingerprint density at radius 2 is 2.12 bits per heavy atom. The first kappa shape index (κ1) is 16.4. The number of furan rings is 1. The van der Waals surface area contributed by atoms with E-state index in [2.05, 4.69) is 10.3 Å². The molecule has 4 rings (SSSR count). The van der Waals surface area contributed by atoms with Crippen LogP contribution < -0.4 is 5.32 Å². The van der Waals surface area contributed by atoms with Crippen LogP contribution in [0.3, 0.4) is 0 Å². The van der Waals surface area contributed by atoms with E-state index in [0.29, 0.717) is 28.7 Å². The molecule has 0 spiro atoms. The maximum absolute atomic E-state index is 13.5. The molecule has 0 radical (unpaired) electrons. The van der Waals surface area contributed by atoms with Gasteiger partial charge in [-0.3, -0.25) is 4.79 Å². The molecule has 3 heterocycles. The molecule has 1 amide bonds. The number of rotatable bonds is 4. The lowest BCUT2D eigenvalue weighted by Crippen LogP contribution is -2.18. The largest absolute Gasteiger partial charge is 0.463 e. The first-order valence-electron chi connectivity index (χ1n) is 7.84. The lowest BCUT2D eigenvalue weighted by molar-refractivity contribution is 0.101. The molecule has 26 heavy (non-hydrogen) atoms. The average Bonchev–Trinajstić information content (AvgIpc) is 3.20. The fourth-order valence-electron chi connectivity index (χ4n) is 2.78. The number of aromatic nitrogens is 2. The van der Waals surface area contributed by atoms with Crippen LogP contribution in [0.4, 0.5) is 10.2 Å². The Bertz CT molecular complexity index is 1090. The molecule has 5 nitrogen and oxygen atoms in total. The van der Waals surface area contributed by atoms with Crippen molar-refractivity contribution >= 4 is 34.4 Å². The van der Waals surface area contributed by atoms with Crippen LogP contribution in [-0.2, 0) is 6.54 Å². The van der Waals surface area contributed by atoms with Gasteiger partial charge in [-0.25, -0.2) is 9.37 Å². The number of benzene rings is 1. The van der Waals surface area contributed by atoms with Gasteiger partial charge in [-0.1, -0.05) is 23.7 Å². The minimum atomic E-state index is -0.345. The Morgan fingerprint density at radius 3 is 2.88 bits per heavy atom.